The molecule has 1 aromatic rings. The van der Waals surface area contributed by atoms with Crippen LogP contribution in [0.25, 0.3) is 0 Å². The quantitative estimate of drug-likeness (QED) is 0.866. The molecule has 0 bridgehead atoms. The Bertz CT molecular complexity index is 431. The summed E-state index contributed by atoms with van der Waals surface area (Å²) in [7, 11) is 1.65. The lowest BCUT2D eigenvalue weighted by Gasteiger charge is -2.26. The Morgan fingerprint density at radius 1 is 1.59 bits per heavy atom. The van der Waals surface area contributed by atoms with Gasteiger partial charge in [-0.1, -0.05) is 13.0 Å². The highest BCUT2D eigenvalue weighted by Crippen LogP contribution is 2.36. The van der Waals surface area contributed by atoms with Crippen LogP contribution in [0.5, 0.6) is 5.75 Å². The molecule has 1 aromatic carbocycles. The average molecular weight is 235 g/mol. The van der Waals surface area contributed by atoms with Crippen molar-refractivity contribution >= 4 is 11.7 Å². The highest BCUT2D eigenvalue weighted by molar-refractivity contribution is 5.80. The maximum atomic E-state index is 11.2. The summed E-state index contributed by atoms with van der Waals surface area (Å²) in [6.45, 7) is 2.65. The molecule has 0 amide bonds. The van der Waals surface area contributed by atoms with Crippen molar-refractivity contribution in [3.63, 3.8) is 0 Å². The van der Waals surface area contributed by atoms with Crippen LogP contribution in [0.4, 0.5) is 5.69 Å². The molecule has 0 spiro atoms. The van der Waals surface area contributed by atoms with Crippen LogP contribution in [-0.2, 0) is 11.2 Å². The highest BCUT2D eigenvalue weighted by Gasteiger charge is 2.30. The molecule has 17 heavy (non-hydrogen) atoms. The van der Waals surface area contributed by atoms with Crippen LogP contribution in [-0.4, -0.2) is 30.8 Å². The number of carbonyl (C=O) groups is 1. The van der Waals surface area contributed by atoms with Crippen molar-refractivity contribution < 1.29 is 14.6 Å². The monoisotopic (exact) mass is 235 g/mol. The number of hydrogen-bond donors (Lipinski definition) is 1. The Morgan fingerprint density at radius 2 is 2.35 bits per heavy atom. The lowest BCUT2D eigenvalue weighted by molar-refractivity contribution is -0.138. The molecule has 0 saturated heterocycles. The Morgan fingerprint density at radius 3 is 2.94 bits per heavy atom. The molecule has 1 aliphatic rings. The van der Waals surface area contributed by atoms with E-state index in [0.717, 1.165) is 30.0 Å². The van der Waals surface area contributed by atoms with Crippen molar-refractivity contribution in [3.8, 4) is 5.75 Å². The minimum absolute atomic E-state index is 0.441. The topological polar surface area (TPSA) is 49.8 Å². The fraction of sp³-hybridized carbons (Fsp3) is 0.462. The van der Waals surface area contributed by atoms with Crippen LogP contribution in [0.3, 0.4) is 0 Å². The van der Waals surface area contributed by atoms with Crippen LogP contribution in [0.1, 0.15) is 18.9 Å². The number of anilines is 1. The van der Waals surface area contributed by atoms with Gasteiger partial charge in [-0.05, 0) is 25.0 Å². The second-order valence-electron chi connectivity index (χ2n) is 4.16. The predicted molar refractivity (Wildman–Crippen MR) is 65.8 cm³/mol. The highest BCUT2D eigenvalue weighted by atomic mass is 16.5. The largest absolute Gasteiger partial charge is 0.496 e. The molecule has 0 aliphatic carbocycles. The molecule has 0 aromatic heterocycles. The zero-order chi connectivity index (χ0) is 12.4. The van der Waals surface area contributed by atoms with E-state index >= 15 is 0 Å². The molecule has 0 saturated carbocycles. The van der Waals surface area contributed by atoms with Gasteiger partial charge in [-0.25, -0.2) is 4.79 Å². The van der Waals surface area contributed by atoms with E-state index in [1.54, 1.807) is 7.11 Å². The van der Waals surface area contributed by atoms with E-state index in [9.17, 15) is 9.90 Å². The maximum absolute atomic E-state index is 11.2. The number of carboxylic acids is 1. The second-order valence-corrected chi connectivity index (χ2v) is 4.16. The van der Waals surface area contributed by atoms with Gasteiger partial charge in [0.25, 0.3) is 0 Å². The Balaban J connectivity index is 2.36. The van der Waals surface area contributed by atoms with Gasteiger partial charge in [0.2, 0.25) is 0 Å². The molecule has 92 valence electrons. The van der Waals surface area contributed by atoms with Gasteiger partial charge in [0.15, 0.2) is 0 Å². The zero-order valence-corrected chi connectivity index (χ0v) is 10.1. The first-order valence-corrected chi connectivity index (χ1v) is 5.84. The molecule has 1 N–H and O–H groups in total. The Hall–Kier alpha value is -1.71. The van der Waals surface area contributed by atoms with Gasteiger partial charge >= 0.3 is 5.97 Å². The van der Waals surface area contributed by atoms with E-state index < -0.39 is 12.0 Å². The summed E-state index contributed by atoms with van der Waals surface area (Å²) in [4.78, 5) is 13.2. The second kappa shape index (κ2) is 4.65. The van der Waals surface area contributed by atoms with Crippen molar-refractivity contribution in [1.82, 2.24) is 0 Å². The van der Waals surface area contributed by atoms with Crippen molar-refractivity contribution in [3.05, 3.63) is 23.8 Å². The standard InChI is InChI=1S/C13H17NO3/c1-3-10(13(15)16)14-8-7-9-11(14)5-4-6-12(9)17-2/h4-6,10H,3,7-8H2,1-2H3,(H,15,16)/t10-/m0/s1. The number of ether oxygens (including phenoxy) is 1. The number of rotatable bonds is 4. The summed E-state index contributed by atoms with van der Waals surface area (Å²) in [5, 5.41) is 9.21. The lowest BCUT2D eigenvalue weighted by atomic mass is 10.1. The van der Waals surface area contributed by atoms with E-state index in [0.29, 0.717) is 6.42 Å². The molecule has 1 aliphatic heterocycles. The number of carboxylic acid groups (broad SMARTS) is 1. The van der Waals surface area contributed by atoms with Gasteiger partial charge in [0.05, 0.1) is 7.11 Å². The summed E-state index contributed by atoms with van der Waals surface area (Å²) in [6.07, 6.45) is 1.45. The molecule has 4 nitrogen and oxygen atoms in total. The predicted octanol–water partition coefficient (Wildman–Crippen LogP) is 1.92. The summed E-state index contributed by atoms with van der Waals surface area (Å²) < 4.78 is 5.31. The van der Waals surface area contributed by atoms with Crippen LogP contribution >= 0.6 is 0 Å². The summed E-state index contributed by atoms with van der Waals surface area (Å²) >= 11 is 0. The van der Waals surface area contributed by atoms with Crippen LogP contribution < -0.4 is 9.64 Å². The van der Waals surface area contributed by atoms with Crippen molar-refractivity contribution in [2.45, 2.75) is 25.8 Å². The van der Waals surface area contributed by atoms with E-state index in [-0.39, 0.29) is 0 Å². The molecule has 4 heteroatoms. The first-order chi connectivity index (χ1) is 8.19. The average Bonchev–Trinajstić information content (AvgIpc) is 2.73. The molecular formula is C13H17NO3. The number of benzene rings is 1. The SMILES string of the molecule is CC[C@@H](C(=O)O)N1CCc2c(OC)cccc21. The molecule has 0 radical (unpaired) electrons. The third-order valence-corrected chi connectivity index (χ3v) is 3.29. The summed E-state index contributed by atoms with van der Waals surface area (Å²) in [6, 6.07) is 5.36. The van der Waals surface area contributed by atoms with Gasteiger partial charge in [-0.2, -0.15) is 0 Å². The van der Waals surface area contributed by atoms with Gasteiger partial charge in [0.1, 0.15) is 11.8 Å². The summed E-state index contributed by atoms with van der Waals surface area (Å²) in [5.41, 5.74) is 2.12. The lowest BCUT2D eigenvalue weighted by Crippen LogP contribution is -2.39. The number of methoxy groups -OCH3 is 1. The molecule has 1 heterocycles. The smallest absolute Gasteiger partial charge is 0.326 e. The number of hydrogen-bond acceptors (Lipinski definition) is 3. The van der Waals surface area contributed by atoms with Crippen molar-refractivity contribution in [2.75, 3.05) is 18.6 Å². The van der Waals surface area contributed by atoms with E-state index in [4.69, 9.17) is 4.74 Å². The number of nitrogens with zero attached hydrogens (tertiary/aromatic N) is 1. The third-order valence-electron chi connectivity index (χ3n) is 3.29. The van der Waals surface area contributed by atoms with Gasteiger partial charge in [0, 0.05) is 17.8 Å². The fourth-order valence-corrected chi connectivity index (χ4v) is 2.47. The molecule has 1 atom stereocenters. The zero-order valence-electron chi connectivity index (χ0n) is 10.1. The minimum Gasteiger partial charge on any atom is -0.496 e. The first kappa shape index (κ1) is 11.8. The fourth-order valence-electron chi connectivity index (χ4n) is 2.47. The summed E-state index contributed by atoms with van der Waals surface area (Å²) in [5.74, 6) is 0.0911. The van der Waals surface area contributed by atoms with E-state index in [2.05, 4.69) is 0 Å². The molecule has 2 rings (SSSR count). The van der Waals surface area contributed by atoms with Crippen molar-refractivity contribution in [1.29, 1.82) is 0 Å². The maximum Gasteiger partial charge on any atom is 0.326 e. The van der Waals surface area contributed by atoms with Crippen LogP contribution in [0.2, 0.25) is 0 Å². The number of fused-ring (bicyclic) bond motifs is 1. The first-order valence-electron chi connectivity index (χ1n) is 5.84. The number of aliphatic carboxylic acids is 1. The third kappa shape index (κ3) is 1.95. The van der Waals surface area contributed by atoms with Crippen LogP contribution in [0, 0.1) is 0 Å². The van der Waals surface area contributed by atoms with E-state index in [1.165, 1.54) is 0 Å². The van der Waals surface area contributed by atoms with E-state index in [1.807, 2.05) is 30.0 Å². The Labute approximate surface area is 101 Å². The van der Waals surface area contributed by atoms with Gasteiger partial charge < -0.3 is 14.7 Å². The molecule has 0 unspecified atom stereocenters. The molecular weight excluding hydrogens is 218 g/mol. The Kier molecular flexibility index (Phi) is 3.22. The minimum atomic E-state index is -0.761. The molecule has 0 fully saturated rings. The normalized spacial score (nSPS) is 15.5. The van der Waals surface area contributed by atoms with Gasteiger partial charge in [-0.3, -0.25) is 0 Å². The van der Waals surface area contributed by atoms with Crippen LogP contribution in [0.15, 0.2) is 18.2 Å². The van der Waals surface area contributed by atoms with Gasteiger partial charge in [-0.15, -0.1) is 0 Å². The van der Waals surface area contributed by atoms with Crippen molar-refractivity contribution in [2.24, 2.45) is 0 Å².